The fraction of sp³-hybridized carbons (Fsp3) is 0.200. The number of amides is 1. The Morgan fingerprint density at radius 1 is 1.47 bits per heavy atom. The number of rotatable bonds is 3. The van der Waals surface area contributed by atoms with E-state index in [1.165, 1.54) is 0 Å². The van der Waals surface area contributed by atoms with E-state index in [4.69, 9.17) is 10.3 Å². The number of nitrogens with zero attached hydrogens (tertiary/aromatic N) is 2. The zero-order chi connectivity index (χ0) is 14.0. The Bertz CT molecular complexity index is 614. The maximum Gasteiger partial charge on any atom is 0.306 e. The van der Waals surface area contributed by atoms with Crippen LogP contribution in [-0.2, 0) is 21.5 Å². The van der Waals surface area contributed by atoms with Gasteiger partial charge in [-0.15, -0.1) is 0 Å². The number of carbonyl (C=O) groups is 1. The van der Waals surface area contributed by atoms with Gasteiger partial charge in [-0.25, -0.2) is 0 Å². The quantitative estimate of drug-likeness (QED) is 0.607. The van der Waals surface area contributed by atoms with Crippen LogP contribution in [0.25, 0.3) is 0 Å². The second-order valence-electron chi connectivity index (χ2n) is 3.89. The van der Waals surface area contributed by atoms with Gasteiger partial charge in [-0.3, -0.25) is 14.3 Å². The summed E-state index contributed by atoms with van der Waals surface area (Å²) in [7, 11) is -4.52. The maximum atomic E-state index is 11.3. The Morgan fingerprint density at radius 3 is 2.79 bits per heavy atom. The smallest absolute Gasteiger partial charge is 0.306 e. The first kappa shape index (κ1) is 13.3. The lowest BCUT2D eigenvalue weighted by molar-refractivity contribution is -0.118. The van der Waals surface area contributed by atoms with Gasteiger partial charge in [0.1, 0.15) is 5.82 Å². The molecule has 19 heavy (non-hydrogen) atoms. The van der Waals surface area contributed by atoms with Gasteiger partial charge in [0, 0.05) is 12.3 Å². The summed E-state index contributed by atoms with van der Waals surface area (Å²) < 4.78 is 31.7. The van der Waals surface area contributed by atoms with Crippen molar-refractivity contribution in [3.05, 3.63) is 42.0 Å². The molecule has 0 saturated carbocycles. The Kier molecular flexibility index (Phi) is 3.40. The Labute approximate surface area is 109 Å². The van der Waals surface area contributed by atoms with E-state index in [-0.39, 0.29) is 12.4 Å². The highest BCUT2D eigenvalue weighted by atomic mass is 32.2. The van der Waals surface area contributed by atoms with Crippen LogP contribution >= 0.6 is 0 Å². The third-order valence-electron chi connectivity index (χ3n) is 2.50. The molecule has 0 saturated heterocycles. The average Bonchev–Trinajstić information content (AvgIpc) is 2.32. The van der Waals surface area contributed by atoms with Crippen molar-refractivity contribution in [2.75, 3.05) is 0 Å². The minimum atomic E-state index is -4.52. The summed E-state index contributed by atoms with van der Waals surface area (Å²) in [6, 6.07) is 5.11. The zero-order valence-corrected chi connectivity index (χ0v) is 10.5. The molecule has 102 valence electrons. The fourth-order valence-corrected chi connectivity index (χ4v) is 2.45. The van der Waals surface area contributed by atoms with Crippen molar-refractivity contribution >= 4 is 16.0 Å². The fourth-order valence-electron chi connectivity index (χ4n) is 1.67. The second-order valence-corrected chi connectivity index (χ2v) is 5.37. The van der Waals surface area contributed by atoms with Crippen LogP contribution in [0.4, 0.5) is 0 Å². The first-order chi connectivity index (χ1) is 8.88. The van der Waals surface area contributed by atoms with E-state index in [0.717, 1.165) is 11.0 Å². The van der Waals surface area contributed by atoms with Crippen molar-refractivity contribution in [1.29, 1.82) is 0 Å². The lowest BCUT2D eigenvalue weighted by Gasteiger charge is -2.34. The summed E-state index contributed by atoms with van der Waals surface area (Å²) in [5.41, 5.74) is 4.55. The Hall–Kier alpha value is -2.13. The van der Waals surface area contributed by atoms with Crippen molar-refractivity contribution in [2.24, 2.45) is 5.73 Å². The third kappa shape index (κ3) is 3.01. The van der Waals surface area contributed by atoms with E-state index in [1.54, 1.807) is 24.4 Å². The molecule has 1 amide bonds. The number of hydrogen-bond acceptors (Lipinski definition) is 6. The van der Waals surface area contributed by atoms with Crippen LogP contribution in [0, 0.1) is 0 Å². The Balaban J connectivity index is 2.33. The minimum absolute atomic E-state index is 0.0356. The number of aromatic nitrogens is 1. The van der Waals surface area contributed by atoms with E-state index < -0.39 is 21.5 Å². The van der Waals surface area contributed by atoms with Crippen LogP contribution in [0.3, 0.4) is 0 Å². The monoisotopic (exact) mass is 284 g/mol. The minimum Gasteiger partial charge on any atom is -0.385 e. The van der Waals surface area contributed by atoms with Crippen LogP contribution in [-0.4, -0.2) is 34.3 Å². The second kappa shape index (κ2) is 4.86. The molecule has 2 rings (SSSR count). The molecule has 1 aromatic heterocycles. The van der Waals surface area contributed by atoms with Gasteiger partial charge in [0.05, 0.1) is 12.2 Å². The van der Waals surface area contributed by atoms with Crippen LogP contribution < -0.4 is 11.1 Å². The molecule has 0 radical (unpaired) electrons. The van der Waals surface area contributed by atoms with Gasteiger partial charge in [-0.1, -0.05) is 6.07 Å². The van der Waals surface area contributed by atoms with E-state index in [1.807, 2.05) is 0 Å². The van der Waals surface area contributed by atoms with E-state index in [0.29, 0.717) is 5.69 Å². The summed E-state index contributed by atoms with van der Waals surface area (Å²) in [5, 5.41) is 2.12. The first-order valence-electron chi connectivity index (χ1n) is 5.28. The topological polar surface area (TPSA) is 126 Å². The van der Waals surface area contributed by atoms with Gasteiger partial charge in [-0.05, 0) is 12.1 Å². The van der Waals surface area contributed by atoms with Crippen molar-refractivity contribution in [3.8, 4) is 0 Å². The molecule has 9 heteroatoms. The lowest BCUT2D eigenvalue weighted by Crippen LogP contribution is -2.56. The van der Waals surface area contributed by atoms with Crippen molar-refractivity contribution in [3.63, 3.8) is 0 Å². The zero-order valence-electron chi connectivity index (χ0n) is 9.72. The summed E-state index contributed by atoms with van der Waals surface area (Å²) in [6.07, 6.45) is 2.59. The number of carbonyl (C=O) groups excluding carboxylic acids is 1. The molecule has 2 heterocycles. The van der Waals surface area contributed by atoms with Crippen LogP contribution in [0.15, 0.2) is 36.3 Å². The van der Waals surface area contributed by atoms with Crippen LogP contribution in [0.5, 0.6) is 0 Å². The molecule has 0 aliphatic carbocycles. The molecule has 4 N–H and O–H groups in total. The number of hydrogen-bond donors (Lipinski definition) is 3. The molecule has 1 atom stereocenters. The molecule has 1 aliphatic heterocycles. The highest BCUT2D eigenvalue weighted by Crippen LogP contribution is 2.16. The molecule has 8 nitrogen and oxygen atoms in total. The molecule has 0 spiro atoms. The summed E-state index contributed by atoms with van der Waals surface area (Å²) >= 11 is 0. The van der Waals surface area contributed by atoms with Crippen LogP contribution in [0.2, 0.25) is 0 Å². The van der Waals surface area contributed by atoms with Gasteiger partial charge in [-0.2, -0.15) is 8.42 Å². The number of nitrogens with one attached hydrogen (secondary N) is 1. The van der Waals surface area contributed by atoms with Crippen molar-refractivity contribution in [1.82, 2.24) is 15.2 Å². The lowest BCUT2D eigenvalue weighted by atomic mass is 10.3. The standard InChI is InChI=1S/C10H12N4O4S/c11-8-5-9(15)13-10(19(16,17)18)14(8)6-7-3-1-2-4-12-7/h1-5,10H,6,11H2,(H,13,15)(H,16,17,18). The van der Waals surface area contributed by atoms with Gasteiger partial charge in [0.25, 0.3) is 0 Å². The predicted molar refractivity (Wildman–Crippen MR) is 65.5 cm³/mol. The van der Waals surface area contributed by atoms with Crippen molar-refractivity contribution < 1.29 is 17.8 Å². The maximum absolute atomic E-state index is 11.3. The van der Waals surface area contributed by atoms with Gasteiger partial charge >= 0.3 is 10.1 Å². The largest absolute Gasteiger partial charge is 0.385 e. The molecule has 1 aromatic rings. The van der Waals surface area contributed by atoms with Crippen molar-refractivity contribution in [2.45, 2.75) is 12.0 Å². The number of pyridine rings is 1. The SMILES string of the molecule is NC1=CC(=O)NC(S(=O)(=O)O)N1Cc1ccccn1. The average molecular weight is 284 g/mol. The highest BCUT2D eigenvalue weighted by molar-refractivity contribution is 7.86. The highest BCUT2D eigenvalue weighted by Gasteiger charge is 2.35. The number of nitrogens with two attached hydrogens (primary N) is 1. The van der Waals surface area contributed by atoms with E-state index >= 15 is 0 Å². The Morgan fingerprint density at radius 2 is 2.21 bits per heavy atom. The van der Waals surface area contributed by atoms with E-state index in [2.05, 4.69) is 10.3 Å². The molecule has 1 unspecified atom stereocenters. The normalized spacial score (nSPS) is 19.8. The summed E-state index contributed by atoms with van der Waals surface area (Å²) in [5.74, 6) is -0.741. The molecular weight excluding hydrogens is 272 g/mol. The van der Waals surface area contributed by atoms with Gasteiger partial charge < -0.3 is 16.0 Å². The molecule has 0 bridgehead atoms. The van der Waals surface area contributed by atoms with Crippen LogP contribution in [0.1, 0.15) is 5.69 Å². The van der Waals surface area contributed by atoms with E-state index in [9.17, 15) is 13.2 Å². The summed E-state index contributed by atoms with van der Waals surface area (Å²) in [6.45, 7) is 0.0356. The molecule has 0 fully saturated rings. The summed E-state index contributed by atoms with van der Waals surface area (Å²) in [4.78, 5) is 16.4. The first-order valence-corrected chi connectivity index (χ1v) is 6.79. The molecule has 0 aromatic carbocycles. The molecular formula is C10H12N4O4S. The van der Waals surface area contributed by atoms with Gasteiger partial charge in [0.2, 0.25) is 11.4 Å². The third-order valence-corrected chi connectivity index (χ3v) is 3.44. The molecule has 1 aliphatic rings. The predicted octanol–water partition coefficient (Wildman–Crippen LogP) is -1.02. The van der Waals surface area contributed by atoms with Gasteiger partial charge in [0.15, 0.2) is 0 Å².